The van der Waals surface area contributed by atoms with Crippen LogP contribution in [0.4, 0.5) is 0 Å². The van der Waals surface area contributed by atoms with Crippen molar-refractivity contribution in [1.29, 1.82) is 0 Å². The maximum absolute atomic E-state index is 5.46. The van der Waals surface area contributed by atoms with Crippen LogP contribution in [0.25, 0.3) is 0 Å². The van der Waals surface area contributed by atoms with Crippen LogP contribution in [-0.4, -0.2) is 12.2 Å². The summed E-state index contributed by atoms with van der Waals surface area (Å²) in [6.45, 7) is 2.19. The van der Waals surface area contributed by atoms with Crippen molar-refractivity contribution in [3.63, 3.8) is 0 Å². The van der Waals surface area contributed by atoms with Gasteiger partial charge in [0, 0.05) is 0 Å². The third-order valence-corrected chi connectivity index (χ3v) is 2.87. The van der Waals surface area contributed by atoms with E-state index in [0.29, 0.717) is 12.2 Å². The molecule has 1 saturated heterocycles. The zero-order chi connectivity index (χ0) is 6.97. The molecule has 0 unspecified atom stereocenters. The van der Waals surface area contributed by atoms with Gasteiger partial charge >= 0.3 is 0 Å². The van der Waals surface area contributed by atoms with Gasteiger partial charge in [-0.2, -0.15) is 0 Å². The van der Waals surface area contributed by atoms with Crippen LogP contribution >= 0.6 is 0 Å². The van der Waals surface area contributed by atoms with Gasteiger partial charge in [-0.1, -0.05) is 19.3 Å². The Bertz CT molecular complexity index is 116. The van der Waals surface area contributed by atoms with Gasteiger partial charge in [-0.25, -0.2) is 0 Å². The van der Waals surface area contributed by atoms with E-state index in [4.69, 9.17) is 4.74 Å². The quantitative estimate of drug-likeness (QED) is 0.509. The van der Waals surface area contributed by atoms with Crippen LogP contribution in [0.15, 0.2) is 0 Å². The van der Waals surface area contributed by atoms with Crippen molar-refractivity contribution in [1.82, 2.24) is 0 Å². The van der Waals surface area contributed by atoms with Crippen LogP contribution in [0.1, 0.15) is 39.0 Å². The third kappa shape index (κ3) is 1.20. The predicted octanol–water partition coefficient (Wildman–Crippen LogP) is 2.35. The molecule has 58 valence electrons. The average molecular weight is 140 g/mol. The third-order valence-electron chi connectivity index (χ3n) is 2.87. The molecule has 0 aromatic rings. The maximum atomic E-state index is 5.46. The highest BCUT2D eigenvalue weighted by Gasteiger charge is 2.40. The molecule has 0 aromatic carbocycles. The Morgan fingerprint density at radius 1 is 1.10 bits per heavy atom. The van der Waals surface area contributed by atoms with Gasteiger partial charge in [0.05, 0.1) is 12.2 Å². The first-order chi connectivity index (χ1) is 4.88. The minimum Gasteiger partial charge on any atom is -0.370 e. The van der Waals surface area contributed by atoms with Crippen LogP contribution < -0.4 is 0 Å². The van der Waals surface area contributed by atoms with Crippen molar-refractivity contribution < 1.29 is 4.74 Å². The van der Waals surface area contributed by atoms with Crippen molar-refractivity contribution in [2.45, 2.75) is 51.2 Å². The molecule has 1 heteroatoms. The SMILES string of the molecule is C[C@@H]1O[C@H]1C1CCCCC1. The van der Waals surface area contributed by atoms with Crippen molar-refractivity contribution in [3.05, 3.63) is 0 Å². The molecule has 2 rings (SSSR count). The lowest BCUT2D eigenvalue weighted by Crippen LogP contribution is -2.13. The summed E-state index contributed by atoms with van der Waals surface area (Å²) in [5, 5.41) is 0. The smallest absolute Gasteiger partial charge is 0.0867 e. The highest BCUT2D eigenvalue weighted by Crippen LogP contribution is 2.37. The van der Waals surface area contributed by atoms with Crippen molar-refractivity contribution in [2.75, 3.05) is 0 Å². The van der Waals surface area contributed by atoms with Gasteiger partial charge in [0.1, 0.15) is 0 Å². The van der Waals surface area contributed by atoms with E-state index < -0.39 is 0 Å². The van der Waals surface area contributed by atoms with Gasteiger partial charge in [0.25, 0.3) is 0 Å². The van der Waals surface area contributed by atoms with Gasteiger partial charge in [-0.15, -0.1) is 0 Å². The number of hydrogen-bond donors (Lipinski definition) is 0. The van der Waals surface area contributed by atoms with E-state index in [9.17, 15) is 0 Å². The Kier molecular flexibility index (Phi) is 1.69. The Morgan fingerprint density at radius 3 is 2.20 bits per heavy atom. The molecule has 2 aliphatic rings. The maximum Gasteiger partial charge on any atom is 0.0867 e. The lowest BCUT2D eigenvalue weighted by Gasteiger charge is -2.19. The predicted molar refractivity (Wildman–Crippen MR) is 40.9 cm³/mol. The average Bonchev–Trinajstić information content (AvgIpc) is 2.69. The van der Waals surface area contributed by atoms with E-state index in [1.54, 1.807) is 0 Å². The molecule has 0 radical (unpaired) electrons. The molecule has 0 aromatic heterocycles. The molecule has 1 nitrogen and oxygen atoms in total. The summed E-state index contributed by atoms with van der Waals surface area (Å²) in [5.74, 6) is 0.920. The number of ether oxygens (including phenoxy) is 1. The second-order valence-corrected chi connectivity index (χ2v) is 3.70. The first kappa shape index (κ1) is 6.66. The van der Waals surface area contributed by atoms with Crippen LogP contribution in [0, 0.1) is 5.92 Å². The van der Waals surface area contributed by atoms with E-state index in [1.807, 2.05) is 0 Å². The van der Waals surface area contributed by atoms with Crippen LogP contribution in [0.3, 0.4) is 0 Å². The zero-order valence-electron chi connectivity index (χ0n) is 6.68. The highest BCUT2D eigenvalue weighted by molar-refractivity contribution is 4.88. The molecule has 1 aliphatic carbocycles. The minimum absolute atomic E-state index is 0.586. The molecule has 2 atom stereocenters. The lowest BCUT2D eigenvalue weighted by molar-refractivity contribution is 0.263. The molecule has 1 aliphatic heterocycles. The summed E-state index contributed by atoms with van der Waals surface area (Å²) < 4.78 is 5.46. The minimum atomic E-state index is 0.586. The van der Waals surface area contributed by atoms with E-state index in [1.165, 1.54) is 32.1 Å². The van der Waals surface area contributed by atoms with Gasteiger partial charge < -0.3 is 4.74 Å². The van der Waals surface area contributed by atoms with Crippen LogP contribution in [-0.2, 0) is 4.74 Å². The molecular formula is C9H16O. The first-order valence-corrected chi connectivity index (χ1v) is 4.53. The Hall–Kier alpha value is -0.0400. The van der Waals surface area contributed by atoms with Crippen molar-refractivity contribution in [3.8, 4) is 0 Å². The molecule has 1 saturated carbocycles. The van der Waals surface area contributed by atoms with Crippen molar-refractivity contribution in [2.24, 2.45) is 5.92 Å². The lowest BCUT2D eigenvalue weighted by atomic mass is 9.86. The Balaban J connectivity index is 1.81. The van der Waals surface area contributed by atoms with E-state index in [2.05, 4.69) is 6.92 Å². The number of epoxide rings is 1. The van der Waals surface area contributed by atoms with Crippen LogP contribution in [0.5, 0.6) is 0 Å². The molecule has 0 spiro atoms. The molecule has 10 heavy (non-hydrogen) atoms. The zero-order valence-corrected chi connectivity index (χ0v) is 6.68. The summed E-state index contributed by atoms with van der Waals surface area (Å²) >= 11 is 0. The highest BCUT2D eigenvalue weighted by atomic mass is 16.6. The summed E-state index contributed by atoms with van der Waals surface area (Å²) in [4.78, 5) is 0. The van der Waals surface area contributed by atoms with Crippen molar-refractivity contribution >= 4 is 0 Å². The van der Waals surface area contributed by atoms with Gasteiger partial charge in [0.15, 0.2) is 0 Å². The normalized spacial score (nSPS) is 41.7. The molecule has 2 fully saturated rings. The van der Waals surface area contributed by atoms with E-state index in [-0.39, 0.29) is 0 Å². The van der Waals surface area contributed by atoms with Gasteiger partial charge in [-0.3, -0.25) is 0 Å². The fourth-order valence-corrected chi connectivity index (χ4v) is 2.16. The largest absolute Gasteiger partial charge is 0.370 e. The molecule has 0 bridgehead atoms. The Morgan fingerprint density at radius 2 is 1.70 bits per heavy atom. The standard InChI is InChI=1S/C9H16O/c1-7-9(10-7)8-5-3-2-4-6-8/h7-9H,2-6H2,1H3/t7-,9+/m0/s1. The molecule has 0 N–H and O–H groups in total. The summed E-state index contributed by atoms with van der Waals surface area (Å²) in [6, 6.07) is 0. The topological polar surface area (TPSA) is 12.5 Å². The number of rotatable bonds is 1. The van der Waals surface area contributed by atoms with Gasteiger partial charge in [0.2, 0.25) is 0 Å². The second-order valence-electron chi connectivity index (χ2n) is 3.70. The molecule has 1 heterocycles. The second kappa shape index (κ2) is 2.54. The summed E-state index contributed by atoms with van der Waals surface area (Å²) in [6.07, 6.45) is 8.43. The van der Waals surface area contributed by atoms with Gasteiger partial charge in [-0.05, 0) is 25.7 Å². The number of hydrogen-bond acceptors (Lipinski definition) is 1. The van der Waals surface area contributed by atoms with E-state index >= 15 is 0 Å². The fraction of sp³-hybridized carbons (Fsp3) is 1.00. The van der Waals surface area contributed by atoms with E-state index in [0.717, 1.165) is 5.92 Å². The summed E-state index contributed by atoms with van der Waals surface area (Å²) in [5.41, 5.74) is 0. The Labute approximate surface area is 62.8 Å². The van der Waals surface area contributed by atoms with Crippen LogP contribution in [0.2, 0.25) is 0 Å². The molecule has 0 amide bonds. The first-order valence-electron chi connectivity index (χ1n) is 4.53. The summed E-state index contributed by atoms with van der Waals surface area (Å²) in [7, 11) is 0. The fourth-order valence-electron chi connectivity index (χ4n) is 2.16. The monoisotopic (exact) mass is 140 g/mol. The molecular weight excluding hydrogens is 124 g/mol.